The Kier molecular flexibility index (Phi) is 6.35. The van der Waals surface area contributed by atoms with Gasteiger partial charge in [0.05, 0.1) is 12.3 Å². The number of anilines is 1. The molecule has 0 saturated carbocycles. The second-order valence-electron chi connectivity index (χ2n) is 5.43. The average Bonchev–Trinajstić information content (AvgIpc) is 2.71. The first kappa shape index (κ1) is 16.0. The number of aryl methyl sites for hydroxylation is 1. The van der Waals surface area contributed by atoms with Crippen LogP contribution in [0.4, 0.5) is 5.95 Å². The lowest BCUT2D eigenvalue weighted by molar-refractivity contribution is 0.190. The van der Waals surface area contributed by atoms with Gasteiger partial charge in [-0.2, -0.15) is 0 Å². The molecule has 0 radical (unpaired) electrons. The molecule has 2 atom stereocenters. The van der Waals surface area contributed by atoms with Crippen molar-refractivity contribution in [3.8, 4) is 0 Å². The van der Waals surface area contributed by atoms with Crippen LogP contribution in [0.3, 0.4) is 0 Å². The molecule has 4 heteroatoms. The molecule has 0 fully saturated rings. The molecule has 0 spiro atoms. The van der Waals surface area contributed by atoms with Gasteiger partial charge in [0.1, 0.15) is 0 Å². The van der Waals surface area contributed by atoms with E-state index < -0.39 is 0 Å². The maximum Gasteiger partial charge on any atom is 0.203 e. The zero-order valence-corrected chi connectivity index (χ0v) is 13.2. The molecule has 19 heavy (non-hydrogen) atoms. The van der Waals surface area contributed by atoms with Crippen molar-refractivity contribution in [2.75, 3.05) is 19.0 Å². The molecular weight excluding hydrogens is 238 g/mol. The van der Waals surface area contributed by atoms with Crippen LogP contribution in [-0.4, -0.2) is 29.3 Å². The summed E-state index contributed by atoms with van der Waals surface area (Å²) in [5.74, 6) is 1.65. The number of ether oxygens (including phenoxy) is 1. The minimum Gasteiger partial charge on any atom is -0.383 e. The van der Waals surface area contributed by atoms with Crippen LogP contribution in [0.15, 0.2) is 6.20 Å². The Morgan fingerprint density at radius 3 is 2.47 bits per heavy atom. The lowest BCUT2D eigenvalue weighted by atomic mass is 9.95. The second kappa shape index (κ2) is 7.53. The van der Waals surface area contributed by atoms with Gasteiger partial charge in [-0.05, 0) is 26.7 Å². The van der Waals surface area contributed by atoms with E-state index in [0.29, 0.717) is 18.6 Å². The molecule has 2 unspecified atom stereocenters. The van der Waals surface area contributed by atoms with E-state index in [0.717, 1.165) is 11.6 Å². The second-order valence-corrected chi connectivity index (χ2v) is 5.43. The molecule has 0 aromatic carbocycles. The number of nitrogens with zero attached hydrogens (tertiary/aromatic N) is 2. The van der Waals surface area contributed by atoms with Gasteiger partial charge in [0.2, 0.25) is 5.95 Å². The van der Waals surface area contributed by atoms with Crippen LogP contribution in [0, 0.1) is 12.8 Å². The minimum absolute atomic E-state index is 0.263. The summed E-state index contributed by atoms with van der Waals surface area (Å²) in [6, 6.07) is 0.730. The van der Waals surface area contributed by atoms with E-state index in [1.807, 2.05) is 6.92 Å². The van der Waals surface area contributed by atoms with Gasteiger partial charge < -0.3 is 14.6 Å². The summed E-state index contributed by atoms with van der Waals surface area (Å²) in [6.07, 6.45) is 4.54. The third-order valence-corrected chi connectivity index (χ3v) is 3.81. The molecule has 0 aliphatic heterocycles. The predicted molar refractivity (Wildman–Crippen MR) is 80.7 cm³/mol. The molecule has 1 aromatic heterocycles. The highest BCUT2D eigenvalue weighted by atomic mass is 16.5. The number of hydrogen-bond donors (Lipinski definition) is 1. The monoisotopic (exact) mass is 267 g/mol. The Balaban J connectivity index is 2.88. The molecule has 1 N–H and O–H groups in total. The van der Waals surface area contributed by atoms with Crippen LogP contribution < -0.4 is 5.32 Å². The van der Waals surface area contributed by atoms with E-state index in [2.05, 4.69) is 48.8 Å². The van der Waals surface area contributed by atoms with E-state index in [-0.39, 0.29) is 6.04 Å². The standard InChI is InChI=1S/C15H29N3O/c1-7-14(8-2)13(5)18-9-11(3)16-15(18)17-12(4)10-19-6/h9,12-14H,7-8,10H2,1-6H3,(H,16,17). The SMILES string of the molecule is CCC(CC)C(C)n1cc(C)nc1NC(C)COC. The van der Waals surface area contributed by atoms with Crippen LogP contribution in [0.25, 0.3) is 0 Å². The molecule has 0 bridgehead atoms. The Hall–Kier alpha value is -1.03. The third kappa shape index (κ3) is 4.23. The van der Waals surface area contributed by atoms with E-state index in [4.69, 9.17) is 4.74 Å². The highest BCUT2D eigenvalue weighted by molar-refractivity contribution is 5.31. The first-order chi connectivity index (χ1) is 9.03. The smallest absolute Gasteiger partial charge is 0.203 e. The Labute approximate surface area is 117 Å². The van der Waals surface area contributed by atoms with E-state index in [1.54, 1.807) is 7.11 Å². The fourth-order valence-corrected chi connectivity index (χ4v) is 2.64. The summed E-state index contributed by atoms with van der Waals surface area (Å²) in [5, 5.41) is 3.44. The summed E-state index contributed by atoms with van der Waals surface area (Å²) >= 11 is 0. The van der Waals surface area contributed by atoms with Gasteiger partial charge in [-0.15, -0.1) is 0 Å². The zero-order valence-electron chi connectivity index (χ0n) is 13.2. The first-order valence-corrected chi connectivity index (χ1v) is 7.34. The molecular formula is C15H29N3O. The quantitative estimate of drug-likeness (QED) is 0.781. The lowest BCUT2D eigenvalue weighted by Crippen LogP contribution is -2.25. The molecule has 0 saturated heterocycles. The Bertz CT molecular complexity index is 371. The fourth-order valence-electron chi connectivity index (χ4n) is 2.64. The topological polar surface area (TPSA) is 39.1 Å². The maximum absolute atomic E-state index is 5.17. The summed E-state index contributed by atoms with van der Waals surface area (Å²) in [5.41, 5.74) is 1.06. The van der Waals surface area contributed by atoms with Crippen molar-refractivity contribution in [1.29, 1.82) is 0 Å². The van der Waals surface area contributed by atoms with Gasteiger partial charge in [0.25, 0.3) is 0 Å². The average molecular weight is 267 g/mol. The van der Waals surface area contributed by atoms with Crippen molar-refractivity contribution in [2.45, 2.75) is 59.5 Å². The van der Waals surface area contributed by atoms with Crippen molar-refractivity contribution in [1.82, 2.24) is 9.55 Å². The Morgan fingerprint density at radius 1 is 1.32 bits per heavy atom. The minimum atomic E-state index is 0.263. The lowest BCUT2D eigenvalue weighted by Gasteiger charge is -2.25. The van der Waals surface area contributed by atoms with Crippen LogP contribution in [0.5, 0.6) is 0 Å². The number of aromatic nitrogens is 2. The highest BCUT2D eigenvalue weighted by Gasteiger charge is 2.19. The number of nitrogens with one attached hydrogen (secondary N) is 1. The van der Waals surface area contributed by atoms with E-state index >= 15 is 0 Å². The third-order valence-electron chi connectivity index (χ3n) is 3.81. The maximum atomic E-state index is 5.17. The van der Waals surface area contributed by atoms with Crippen molar-refractivity contribution < 1.29 is 4.74 Å². The molecule has 1 heterocycles. The van der Waals surface area contributed by atoms with Gasteiger partial charge in [-0.3, -0.25) is 0 Å². The molecule has 4 nitrogen and oxygen atoms in total. The van der Waals surface area contributed by atoms with Gasteiger partial charge in [0.15, 0.2) is 0 Å². The predicted octanol–water partition coefficient (Wildman–Crippen LogP) is 3.64. The molecule has 1 aromatic rings. The molecule has 0 aliphatic rings. The van der Waals surface area contributed by atoms with Crippen LogP contribution in [-0.2, 0) is 4.74 Å². The highest BCUT2D eigenvalue weighted by Crippen LogP contribution is 2.27. The van der Waals surface area contributed by atoms with Crippen LogP contribution in [0.1, 0.15) is 52.3 Å². The van der Waals surface area contributed by atoms with Gasteiger partial charge >= 0.3 is 0 Å². The van der Waals surface area contributed by atoms with Crippen molar-refractivity contribution in [3.63, 3.8) is 0 Å². The zero-order chi connectivity index (χ0) is 14.4. The van der Waals surface area contributed by atoms with Crippen molar-refractivity contribution in [2.24, 2.45) is 5.92 Å². The van der Waals surface area contributed by atoms with Crippen molar-refractivity contribution in [3.05, 3.63) is 11.9 Å². The number of methoxy groups -OCH3 is 1. The number of hydrogen-bond acceptors (Lipinski definition) is 3. The normalized spacial score (nSPS) is 14.7. The fraction of sp³-hybridized carbons (Fsp3) is 0.800. The molecule has 1 rings (SSSR count). The first-order valence-electron chi connectivity index (χ1n) is 7.34. The van der Waals surface area contributed by atoms with E-state index in [1.165, 1.54) is 12.8 Å². The number of imidazole rings is 1. The van der Waals surface area contributed by atoms with Crippen molar-refractivity contribution >= 4 is 5.95 Å². The van der Waals surface area contributed by atoms with Gasteiger partial charge in [-0.25, -0.2) is 4.98 Å². The molecule has 0 amide bonds. The largest absolute Gasteiger partial charge is 0.383 e. The summed E-state index contributed by atoms with van der Waals surface area (Å²) in [7, 11) is 1.72. The Morgan fingerprint density at radius 2 is 1.95 bits per heavy atom. The summed E-state index contributed by atoms with van der Waals surface area (Å²) < 4.78 is 7.45. The van der Waals surface area contributed by atoms with Gasteiger partial charge in [0, 0.05) is 25.4 Å². The summed E-state index contributed by atoms with van der Waals surface area (Å²) in [4.78, 5) is 4.60. The van der Waals surface area contributed by atoms with Crippen LogP contribution >= 0.6 is 0 Å². The van der Waals surface area contributed by atoms with Crippen LogP contribution in [0.2, 0.25) is 0 Å². The molecule has 0 aliphatic carbocycles. The number of rotatable bonds is 8. The van der Waals surface area contributed by atoms with E-state index in [9.17, 15) is 0 Å². The summed E-state index contributed by atoms with van der Waals surface area (Å²) in [6.45, 7) is 11.6. The molecule has 110 valence electrons. The van der Waals surface area contributed by atoms with Gasteiger partial charge in [-0.1, -0.05) is 26.7 Å².